The molecule has 0 spiro atoms. The summed E-state index contributed by atoms with van der Waals surface area (Å²) in [5, 5.41) is 9.17. The van der Waals surface area contributed by atoms with Crippen LogP contribution in [-0.2, 0) is 0 Å². The number of anilines is 1. The van der Waals surface area contributed by atoms with E-state index in [1.54, 1.807) is 0 Å². The molecule has 0 aliphatic carbocycles. The molecule has 96 valence electrons. The fraction of sp³-hybridized carbons (Fsp3) is 0.571. The van der Waals surface area contributed by atoms with E-state index in [9.17, 15) is 5.11 Å². The van der Waals surface area contributed by atoms with Gasteiger partial charge in [0, 0.05) is 25.4 Å². The summed E-state index contributed by atoms with van der Waals surface area (Å²) >= 11 is 0. The number of benzene rings is 1. The molecule has 1 unspecified atom stereocenters. The second-order valence-electron chi connectivity index (χ2n) is 4.66. The predicted molar refractivity (Wildman–Crippen MR) is 73.3 cm³/mol. The summed E-state index contributed by atoms with van der Waals surface area (Å²) in [5.74, 6) is 0.285. The molecule has 1 aromatic rings. The van der Waals surface area contributed by atoms with Gasteiger partial charge in [0.05, 0.1) is 0 Å². The van der Waals surface area contributed by atoms with Gasteiger partial charge in [0.15, 0.2) is 0 Å². The monoisotopic (exact) mass is 236 g/mol. The fourth-order valence-corrected chi connectivity index (χ4v) is 1.94. The fourth-order valence-electron chi connectivity index (χ4n) is 1.94. The van der Waals surface area contributed by atoms with Gasteiger partial charge in [-0.2, -0.15) is 0 Å². The minimum absolute atomic E-state index is 0.227. The highest BCUT2D eigenvalue weighted by molar-refractivity contribution is 5.52. The third kappa shape index (κ3) is 4.36. The van der Waals surface area contributed by atoms with Crippen molar-refractivity contribution in [1.29, 1.82) is 0 Å². The van der Waals surface area contributed by atoms with E-state index in [4.69, 9.17) is 5.73 Å². The van der Waals surface area contributed by atoms with Crippen molar-refractivity contribution in [1.82, 2.24) is 0 Å². The van der Waals surface area contributed by atoms with Gasteiger partial charge in [-0.15, -0.1) is 0 Å². The van der Waals surface area contributed by atoms with E-state index in [-0.39, 0.29) is 12.5 Å². The van der Waals surface area contributed by atoms with Crippen LogP contribution in [-0.4, -0.2) is 31.3 Å². The van der Waals surface area contributed by atoms with Crippen LogP contribution in [0.4, 0.5) is 5.69 Å². The maximum absolute atomic E-state index is 9.17. The number of hydrogen-bond acceptors (Lipinski definition) is 3. The summed E-state index contributed by atoms with van der Waals surface area (Å²) in [6, 6.07) is 8.36. The number of para-hydroxylation sites is 1. The Kier molecular flexibility index (Phi) is 6.01. The van der Waals surface area contributed by atoms with E-state index in [1.807, 2.05) is 0 Å². The van der Waals surface area contributed by atoms with Crippen LogP contribution in [0, 0.1) is 12.8 Å². The van der Waals surface area contributed by atoms with E-state index < -0.39 is 0 Å². The average Bonchev–Trinajstić information content (AvgIpc) is 2.35. The van der Waals surface area contributed by atoms with E-state index in [2.05, 4.69) is 43.0 Å². The molecule has 0 bridgehead atoms. The van der Waals surface area contributed by atoms with E-state index >= 15 is 0 Å². The van der Waals surface area contributed by atoms with Crippen molar-refractivity contribution in [2.45, 2.75) is 20.3 Å². The van der Waals surface area contributed by atoms with Crippen LogP contribution in [0.25, 0.3) is 0 Å². The summed E-state index contributed by atoms with van der Waals surface area (Å²) in [5.41, 5.74) is 8.10. The topological polar surface area (TPSA) is 49.5 Å². The zero-order valence-electron chi connectivity index (χ0n) is 10.9. The Morgan fingerprint density at radius 2 is 2.06 bits per heavy atom. The molecule has 17 heavy (non-hydrogen) atoms. The van der Waals surface area contributed by atoms with Gasteiger partial charge in [-0.1, -0.05) is 25.1 Å². The largest absolute Gasteiger partial charge is 0.396 e. The van der Waals surface area contributed by atoms with Gasteiger partial charge in [-0.05, 0) is 37.4 Å². The summed E-state index contributed by atoms with van der Waals surface area (Å²) < 4.78 is 0. The third-order valence-electron chi connectivity index (χ3n) is 2.93. The van der Waals surface area contributed by atoms with Crippen molar-refractivity contribution in [2.24, 2.45) is 11.7 Å². The molecule has 0 heterocycles. The van der Waals surface area contributed by atoms with Gasteiger partial charge < -0.3 is 15.7 Å². The summed E-state index contributed by atoms with van der Waals surface area (Å²) in [6.45, 7) is 6.94. The number of aryl methyl sites for hydroxylation is 1. The molecular weight excluding hydrogens is 212 g/mol. The average molecular weight is 236 g/mol. The van der Waals surface area contributed by atoms with Crippen LogP contribution >= 0.6 is 0 Å². The molecule has 0 radical (unpaired) electrons. The van der Waals surface area contributed by atoms with Crippen LogP contribution in [0.5, 0.6) is 0 Å². The van der Waals surface area contributed by atoms with E-state index in [0.29, 0.717) is 6.54 Å². The lowest BCUT2D eigenvalue weighted by Gasteiger charge is -2.28. The van der Waals surface area contributed by atoms with Crippen molar-refractivity contribution in [2.75, 3.05) is 31.1 Å². The lowest BCUT2D eigenvalue weighted by Crippen LogP contribution is -2.32. The van der Waals surface area contributed by atoms with Gasteiger partial charge >= 0.3 is 0 Å². The number of aliphatic hydroxyl groups is 1. The Balaban J connectivity index is 2.78. The normalized spacial score (nSPS) is 12.5. The quantitative estimate of drug-likeness (QED) is 0.758. The minimum Gasteiger partial charge on any atom is -0.396 e. The first-order chi connectivity index (χ1) is 8.19. The van der Waals surface area contributed by atoms with Crippen molar-refractivity contribution in [3.63, 3.8) is 0 Å². The van der Waals surface area contributed by atoms with Crippen LogP contribution in [0.1, 0.15) is 18.9 Å². The Morgan fingerprint density at radius 1 is 1.35 bits per heavy atom. The number of nitrogens with zero attached hydrogens (tertiary/aromatic N) is 1. The van der Waals surface area contributed by atoms with Gasteiger partial charge in [-0.25, -0.2) is 0 Å². The lowest BCUT2D eigenvalue weighted by atomic mass is 10.1. The molecule has 1 rings (SSSR count). The Morgan fingerprint density at radius 3 is 2.65 bits per heavy atom. The number of nitrogens with two attached hydrogens (primary N) is 1. The molecule has 0 aliphatic heterocycles. The number of rotatable bonds is 7. The summed E-state index contributed by atoms with van der Waals surface area (Å²) in [6.07, 6.45) is 0.979. The maximum atomic E-state index is 9.17. The first kappa shape index (κ1) is 14.0. The van der Waals surface area contributed by atoms with Crippen LogP contribution in [0.2, 0.25) is 0 Å². The molecule has 0 fully saturated rings. The SMILES string of the molecule is Cc1ccccc1N(CCCN)CC(C)CO. The van der Waals surface area contributed by atoms with Crippen LogP contribution in [0.3, 0.4) is 0 Å². The molecule has 1 aromatic carbocycles. The smallest absolute Gasteiger partial charge is 0.0473 e. The standard InChI is InChI=1S/C14H24N2O/c1-12(11-17)10-16(9-5-8-15)14-7-4-3-6-13(14)2/h3-4,6-7,12,17H,5,8-11,15H2,1-2H3. The number of hydrogen-bond donors (Lipinski definition) is 2. The highest BCUT2D eigenvalue weighted by Crippen LogP contribution is 2.20. The zero-order chi connectivity index (χ0) is 12.7. The van der Waals surface area contributed by atoms with Crippen molar-refractivity contribution >= 4 is 5.69 Å². The Labute approximate surface area is 104 Å². The molecular formula is C14H24N2O. The van der Waals surface area contributed by atoms with E-state index in [0.717, 1.165) is 19.5 Å². The minimum atomic E-state index is 0.227. The third-order valence-corrected chi connectivity index (χ3v) is 2.93. The van der Waals surface area contributed by atoms with Crippen molar-refractivity contribution in [3.8, 4) is 0 Å². The Hall–Kier alpha value is -1.06. The first-order valence-electron chi connectivity index (χ1n) is 6.30. The van der Waals surface area contributed by atoms with Gasteiger partial charge in [0.1, 0.15) is 0 Å². The predicted octanol–water partition coefficient (Wildman–Crippen LogP) is 1.78. The number of aliphatic hydroxyl groups excluding tert-OH is 1. The molecule has 0 saturated heterocycles. The van der Waals surface area contributed by atoms with Gasteiger partial charge in [0.25, 0.3) is 0 Å². The molecule has 3 heteroatoms. The van der Waals surface area contributed by atoms with Gasteiger partial charge in [-0.3, -0.25) is 0 Å². The first-order valence-corrected chi connectivity index (χ1v) is 6.30. The second-order valence-corrected chi connectivity index (χ2v) is 4.66. The molecule has 0 amide bonds. The molecule has 1 atom stereocenters. The molecule has 3 nitrogen and oxygen atoms in total. The van der Waals surface area contributed by atoms with Crippen LogP contribution < -0.4 is 10.6 Å². The van der Waals surface area contributed by atoms with Crippen molar-refractivity contribution in [3.05, 3.63) is 29.8 Å². The molecule has 0 saturated carbocycles. The molecule has 3 N–H and O–H groups in total. The molecule has 0 aromatic heterocycles. The van der Waals surface area contributed by atoms with Crippen molar-refractivity contribution < 1.29 is 5.11 Å². The van der Waals surface area contributed by atoms with E-state index in [1.165, 1.54) is 11.3 Å². The highest BCUT2D eigenvalue weighted by atomic mass is 16.3. The summed E-state index contributed by atoms with van der Waals surface area (Å²) in [7, 11) is 0. The van der Waals surface area contributed by atoms with Crippen LogP contribution in [0.15, 0.2) is 24.3 Å². The summed E-state index contributed by atoms with van der Waals surface area (Å²) in [4.78, 5) is 2.32. The zero-order valence-corrected chi connectivity index (χ0v) is 10.9. The molecule has 0 aliphatic rings. The highest BCUT2D eigenvalue weighted by Gasteiger charge is 2.11. The maximum Gasteiger partial charge on any atom is 0.0473 e. The second kappa shape index (κ2) is 7.30. The van der Waals surface area contributed by atoms with Gasteiger partial charge in [0.2, 0.25) is 0 Å². The lowest BCUT2D eigenvalue weighted by molar-refractivity contribution is 0.239. The Bertz CT molecular complexity index is 328.